The van der Waals surface area contributed by atoms with E-state index < -0.39 is 0 Å². The molecule has 0 spiro atoms. The topological polar surface area (TPSA) is 71.1 Å². The highest BCUT2D eigenvalue weighted by Crippen LogP contribution is 2.44. The molecule has 2 N–H and O–H groups in total. The molecule has 0 saturated carbocycles. The summed E-state index contributed by atoms with van der Waals surface area (Å²) in [4.78, 5) is 32.9. The number of amides is 1. The molecule has 0 unspecified atom stereocenters. The SMILES string of the molecule is CC1=C(C(=O)Nc2cc(C)ccn2)[C@H](c2cc(C)sc2C)C2=C(CCCC2=O)N1. The van der Waals surface area contributed by atoms with E-state index >= 15 is 0 Å². The number of hydrogen-bond donors (Lipinski definition) is 2. The van der Waals surface area contributed by atoms with Crippen molar-refractivity contribution >= 4 is 28.8 Å². The van der Waals surface area contributed by atoms with Gasteiger partial charge >= 0.3 is 0 Å². The summed E-state index contributed by atoms with van der Waals surface area (Å²) in [7, 11) is 0. The normalized spacial score (nSPS) is 19.2. The van der Waals surface area contributed by atoms with E-state index in [9.17, 15) is 9.59 Å². The van der Waals surface area contributed by atoms with Crippen LogP contribution in [0.5, 0.6) is 0 Å². The Balaban J connectivity index is 1.81. The first-order chi connectivity index (χ1) is 13.8. The molecule has 6 heteroatoms. The van der Waals surface area contributed by atoms with Crippen molar-refractivity contribution in [3.05, 3.63) is 67.8 Å². The molecule has 1 atom stereocenters. The van der Waals surface area contributed by atoms with Gasteiger partial charge in [-0.1, -0.05) is 0 Å². The predicted molar refractivity (Wildman–Crippen MR) is 116 cm³/mol. The van der Waals surface area contributed by atoms with Gasteiger partial charge in [0.1, 0.15) is 5.82 Å². The number of carbonyl (C=O) groups is 2. The Morgan fingerprint density at radius 2 is 2.00 bits per heavy atom. The zero-order chi connectivity index (χ0) is 20.7. The average molecular weight is 408 g/mol. The van der Waals surface area contributed by atoms with Crippen molar-refractivity contribution in [1.82, 2.24) is 10.3 Å². The van der Waals surface area contributed by atoms with Crippen LogP contribution < -0.4 is 10.6 Å². The van der Waals surface area contributed by atoms with Gasteiger partial charge in [0.15, 0.2) is 5.78 Å². The minimum atomic E-state index is -0.339. The molecule has 0 bridgehead atoms. The number of anilines is 1. The molecule has 2 aliphatic rings. The third-order valence-corrected chi connectivity index (χ3v) is 6.55. The van der Waals surface area contributed by atoms with Gasteiger partial charge in [0.05, 0.1) is 0 Å². The van der Waals surface area contributed by atoms with Gasteiger partial charge in [-0.15, -0.1) is 11.3 Å². The van der Waals surface area contributed by atoms with Crippen LogP contribution in [0.15, 0.2) is 46.9 Å². The molecular formula is C23H25N3O2S. The summed E-state index contributed by atoms with van der Waals surface area (Å²) in [5, 5.41) is 6.30. The molecule has 0 fully saturated rings. The lowest BCUT2D eigenvalue weighted by molar-refractivity contribution is -0.116. The fourth-order valence-electron chi connectivity index (χ4n) is 4.32. The van der Waals surface area contributed by atoms with Crippen LogP contribution in [0, 0.1) is 20.8 Å². The van der Waals surface area contributed by atoms with Crippen molar-refractivity contribution in [3.8, 4) is 0 Å². The quantitative estimate of drug-likeness (QED) is 0.775. The molecule has 0 aromatic carbocycles. The maximum absolute atomic E-state index is 13.4. The summed E-state index contributed by atoms with van der Waals surface area (Å²) in [5.74, 6) is 0.0978. The summed E-state index contributed by atoms with van der Waals surface area (Å²) in [6.07, 6.45) is 3.90. The Morgan fingerprint density at radius 1 is 1.21 bits per heavy atom. The Hall–Kier alpha value is -2.73. The van der Waals surface area contributed by atoms with Crippen molar-refractivity contribution in [2.24, 2.45) is 0 Å². The molecule has 3 heterocycles. The largest absolute Gasteiger partial charge is 0.362 e. The number of Topliss-reactive ketones (excluding diaryl/α,β-unsaturated/α-hetero) is 1. The van der Waals surface area contributed by atoms with Gasteiger partial charge in [-0.05, 0) is 69.9 Å². The van der Waals surface area contributed by atoms with Gasteiger partial charge in [-0.3, -0.25) is 9.59 Å². The standard InChI is InChI=1S/C23H25N3O2S/c1-12-8-9-24-19(10-12)26-23(28)20-14(3)25-17-6-5-7-18(27)22(17)21(20)16-11-13(2)29-15(16)4/h8-11,21,25H,5-7H2,1-4H3,(H,24,26,28)/t21-/m0/s1. The maximum atomic E-state index is 13.4. The summed E-state index contributed by atoms with van der Waals surface area (Å²) < 4.78 is 0. The van der Waals surface area contributed by atoms with E-state index in [1.807, 2.05) is 26.0 Å². The second kappa shape index (κ2) is 7.59. The number of pyridine rings is 1. The van der Waals surface area contributed by atoms with E-state index in [-0.39, 0.29) is 17.6 Å². The van der Waals surface area contributed by atoms with Crippen molar-refractivity contribution in [2.75, 3.05) is 5.32 Å². The van der Waals surface area contributed by atoms with Gasteiger partial charge in [0, 0.05) is 50.8 Å². The second-order valence-electron chi connectivity index (χ2n) is 7.81. The molecule has 29 heavy (non-hydrogen) atoms. The van der Waals surface area contributed by atoms with Crippen LogP contribution in [0.3, 0.4) is 0 Å². The lowest BCUT2D eigenvalue weighted by Crippen LogP contribution is -2.35. The number of allylic oxidation sites excluding steroid dienone is 3. The van der Waals surface area contributed by atoms with Gasteiger partial charge < -0.3 is 10.6 Å². The molecule has 2 aromatic heterocycles. The molecule has 4 rings (SSSR count). The number of aryl methyl sites for hydroxylation is 3. The molecule has 150 valence electrons. The Labute approximate surface area is 174 Å². The van der Waals surface area contributed by atoms with E-state index in [4.69, 9.17) is 0 Å². The minimum absolute atomic E-state index is 0.137. The maximum Gasteiger partial charge on any atom is 0.255 e. The molecule has 0 saturated heterocycles. The van der Waals surface area contributed by atoms with Crippen molar-refractivity contribution in [2.45, 2.75) is 52.9 Å². The van der Waals surface area contributed by atoms with Crippen LogP contribution >= 0.6 is 11.3 Å². The molecule has 1 amide bonds. The summed E-state index contributed by atoms with van der Waals surface area (Å²) in [5.41, 5.74) is 5.21. The second-order valence-corrected chi connectivity index (χ2v) is 9.27. The summed E-state index contributed by atoms with van der Waals surface area (Å²) in [6.45, 7) is 8.01. The molecule has 1 aliphatic carbocycles. The Morgan fingerprint density at radius 3 is 2.69 bits per heavy atom. The predicted octanol–water partition coefficient (Wildman–Crippen LogP) is 4.67. The van der Waals surface area contributed by atoms with Gasteiger partial charge in [0.2, 0.25) is 0 Å². The number of ketones is 1. The lowest BCUT2D eigenvalue weighted by atomic mass is 9.75. The van der Waals surface area contributed by atoms with Crippen LogP contribution in [-0.2, 0) is 9.59 Å². The smallest absolute Gasteiger partial charge is 0.255 e. The van der Waals surface area contributed by atoms with Crippen molar-refractivity contribution < 1.29 is 9.59 Å². The van der Waals surface area contributed by atoms with E-state index in [1.165, 1.54) is 4.88 Å². The number of hydrogen-bond acceptors (Lipinski definition) is 5. The first-order valence-corrected chi connectivity index (χ1v) is 10.7. The number of nitrogens with zero attached hydrogens (tertiary/aromatic N) is 1. The first-order valence-electron chi connectivity index (χ1n) is 9.90. The van der Waals surface area contributed by atoms with Crippen LogP contribution in [0.1, 0.15) is 53.0 Å². The Kier molecular flexibility index (Phi) is 5.13. The highest BCUT2D eigenvalue weighted by molar-refractivity contribution is 7.12. The highest BCUT2D eigenvalue weighted by Gasteiger charge is 2.39. The first kappa shape index (κ1) is 19.6. The molecule has 0 radical (unpaired) electrons. The zero-order valence-corrected chi connectivity index (χ0v) is 18.0. The van der Waals surface area contributed by atoms with Crippen LogP contribution in [0.25, 0.3) is 0 Å². The van der Waals surface area contributed by atoms with Gasteiger partial charge in [-0.2, -0.15) is 0 Å². The third kappa shape index (κ3) is 3.65. The molecular weight excluding hydrogens is 382 g/mol. The van der Waals surface area contributed by atoms with Crippen molar-refractivity contribution in [1.29, 1.82) is 0 Å². The monoisotopic (exact) mass is 407 g/mol. The molecule has 1 aliphatic heterocycles. The van der Waals surface area contributed by atoms with E-state index in [2.05, 4.69) is 35.5 Å². The molecule has 5 nitrogen and oxygen atoms in total. The number of rotatable bonds is 3. The van der Waals surface area contributed by atoms with Crippen molar-refractivity contribution in [3.63, 3.8) is 0 Å². The van der Waals surface area contributed by atoms with E-state index in [0.29, 0.717) is 17.8 Å². The highest BCUT2D eigenvalue weighted by atomic mass is 32.1. The fraction of sp³-hybridized carbons (Fsp3) is 0.348. The minimum Gasteiger partial charge on any atom is -0.362 e. The molecule has 2 aromatic rings. The zero-order valence-electron chi connectivity index (χ0n) is 17.2. The number of thiophene rings is 1. The van der Waals surface area contributed by atoms with E-state index in [1.54, 1.807) is 17.5 Å². The number of dihydropyridines is 1. The number of carbonyl (C=O) groups excluding carboxylic acids is 2. The van der Waals surface area contributed by atoms with Gasteiger partial charge in [-0.25, -0.2) is 4.98 Å². The van der Waals surface area contributed by atoms with Crippen LogP contribution in [0.4, 0.5) is 5.82 Å². The summed E-state index contributed by atoms with van der Waals surface area (Å²) in [6, 6.07) is 5.85. The Bertz CT molecular complexity index is 1080. The van der Waals surface area contributed by atoms with Gasteiger partial charge in [0.25, 0.3) is 5.91 Å². The third-order valence-electron chi connectivity index (χ3n) is 5.57. The van der Waals surface area contributed by atoms with Crippen LogP contribution in [-0.4, -0.2) is 16.7 Å². The van der Waals surface area contributed by atoms with E-state index in [0.717, 1.165) is 45.8 Å². The lowest BCUT2D eigenvalue weighted by Gasteiger charge is -2.34. The number of nitrogens with one attached hydrogen (secondary N) is 2. The average Bonchev–Trinajstić information content (AvgIpc) is 2.98. The van der Waals surface area contributed by atoms with Crippen LogP contribution in [0.2, 0.25) is 0 Å². The summed E-state index contributed by atoms with van der Waals surface area (Å²) >= 11 is 1.70. The fourth-order valence-corrected chi connectivity index (χ4v) is 5.28. The number of aromatic nitrogens is 1.